The zero-order valence-corrected chi connectivity index (χ0v) is 14.7. The van der Waals surface area contributed by atoms with Crippen molar-refractivity contribution in [2.24, 2.45) is 0 Å². The first-order valence-electron chi connectivity index (χ1n) is 7.64. The Morgan fingerprint density at radius 3 is 2.90 bits per heavy atom. The maximum atomic E-state index is 11.9. The van der Waals surface area contributed by atoms with Crippen molar-refractivity contribution in [2.45, 2.75) is 57.2 Å². The number of urea groups is 1. The number of hydrogen-bond donors (Lipinski definition) is 2. The van der Waals surface area contributed by atoms with Crippen molar-refractivity contribution < 1.29 is 4.79 Å². The van der Waals surface area contributed by atoms with E-state index in [1.807, 2.05) is 11.8 Å². The standard InChI is InChI=1S/C15H25N3OS2/c1-4-13-10(2)21-14(18-13)7-8-16-15(19)17-11-5-6-12(9-11)20-3/h11-12H,4-9H2,1-3H3,(H2,16,17,19)/t11-,12+/m1/s1. The molecule has 2 rings (SSSR count). The van der Waals surface area contributed by atoms with Crippen LogP contribution in [0.3, 0.4) is 0 Å². The number of thioether (sulfide) groups is 1. The van der Waals surface area contributed by atoms with E-state index >= 15 is 0 Å². The summed E-state index contributed by atoms with van der Waals surface area (Å²) in [5.41, 5.74) is 1.19. The van der Waals surface area contributed by atoms with Gasteiger partial charge in [0, 0.05) is 29.1 Å². The van der Waals surface area contributed by atoms with Gasteiger partial charge < -0.3 is 10.6 Å². The predicted molar refractivity (Wildman–Crippen MR) is 91.4 cm³/mol. The fourth-order valence-electron chi connectivity index (χ4n) is 2.73. The fourth-order valence-corrected chi connectivity index (χ4v) is 4.55. The summed E-state index contributed by atoms with van der Waals surface area (Å²) in [6, 6.07) is 0.307. The predicted octanol–water partition coefficient (Wildman–Crippen LogP) is 3.14. The van der Waals surface area contributed by atoms with Crippen molar-refractivity contribution in [1.29, 1.82) is 0 Å². The first-order chi connectivity index (χ1) is 10.1. The second kappa shape index (κ2) is 8.03. The van der Waals surface area contributed by atoms with Crippen LogP contribution >= 0.6 is 23.1 Å². The third kappa shape index (κ3) is 4.88. The summed E-state index contributed by atoms with van der Waals surface area (Å²) in [7, 11) is 0. The van der Waals surface area contributed by atoms with Crippen molar-refractivity contribution >= 4 is 29.1 Å². The first-order valence-corrected chi connectivity index (χ1v) is 9.75. The molecular formula is C15H25N3OS2. The third-order valence-corrected chi connectivity index (χ3v) is 6.12. The van der Waals surface area contributed by atoms with Gasteiger partial charge in [-0.05, 0) is 38.9 Å². The number of carbonyl (C=O) groups is 1. The maximum absolute atomic E-state index is 11.9. The quantitative estimate of drug-likeness (QED) is 0.844. The highest BCUT2D eigenvalue weighted by Gasteiger charge is 2.24. The number of amides is 2. The van der Waals surface area contributed by atoms with Crippen LogP contribution in [-0.2, 0) is 12.8 Å². The zero-order valence-electron chi connectivity index (χ0n) is 13.1. The highest BCUT2D eigenvalue weighted by atomic mass is 32.2. The van der Waals surface area contributed by atoms with Crippen molar-refractivity contribution in [3.8, 4) is 0 Å². The maximum Gasteiger partial charge on any atom is 0.315 e. The average Bonchev–Trinajstić information content (AvgIpc) is 3.05. The molecule has 1 aromatic rings. The molecule has 0 spiro atoms. The van der Waals surface area contributed by atoms with E-state index in [4.69, 9.17) is 0 Å². The first kappa shape index (κ1) is 16.6. The van der Waals surface area contributed by atoms with Crippen LogP contribution in [0.4, 0.5) is 4.79 Å². The molecule has 2 N–H and O–H groups in total. The Balaban J connectivity index is 1.67. The number of rotatable bonds is 6. The average molecular weight is 328 g/mol. The molecule has 2 atom stereocenters. The topological polar surface area (TPSA) is 54.0 Å². The molecular weight excluding hydrogens is 302 g/mol. The molecule has 0 radical (unpaired) electrons. The number of nitrogens with one attached hydrogen (secondary N) is 2. The molecule has 4 nitrogen and oxygen atoms in total. The van der Waals surface area contributed by atoms with Gasteiger partial charge in [0.05, 0.1) is 10.7 Å². The van der Waals surface area contributed by atoms with Gasteiger partial charge in [-0.2, -0.15) is 11.8 Å². The van der Waals surface area contributed by atoms with Crippen LogP contribution in [0.2, 0.25) is 0 Å². The molecule has 6 heteroatoms. The van der Waals surface area contributed by atoms with E-state index in [9.17, 15) is 4.79 Å². The van der Waals surface area contributed by atoms with Gasteiger partial charge in [0.2, 0.25) is 0 Å². The van der Waals surface area contributed by atoms with E-state index in [0.29, 0.717) is 17.8 Å². The lowest BCUT2D eigenvalue weighted by Gasteiger charge is -2.13. The highest BCUT2D eigenvalue weighted by Crippen LogP contribution is 2.28. The van der Waals surface area contributed by atoms with Crippen molar-refractivity contribution in [2.75, 3.05) is 12.8 Å². The summed E-state index contributed by atoms with van der Waals surface area (Å²) >= 11 is 3.65. The van der Waals surface area contributed by atoms with Gasteiger partial charge in [-0.1, -0.05) is 6.92 Å². The van der Waals surface area contributed by atoms with Crippen molar-refractivity contribution in [3.63, 3.8) is 0 Å². The molecule has 2 amide bonds. The molecule has 0 saturated heterocycles. The smallest absolute Gasteiger partial charge is 0.315 e. The summed E-state index contributed by atoms with van der Waals surface area (Å²) < 4.78 is 0. The van der Waals surface area contributed by atoms with Gasteiger partial charge in [0.15, 0.2) is 0 Å². The lowest BCUT2D eigenvalue weighted by Crippen LogP contribution is -2.41. The zero-order chi connectivity index (χ0) is 15.2. The molecule has 1 heterocycles. The number of hydrogen-bond acceptors (Lipinski definition) is 4. The summed E-state index contributed by atoms with van der Waals surface area (Å²) in [5.74, 6) is 0. The summed E-state index contributed by atoms with van der Waals surface area (Å²) in [5, 5.41) is 7.85. The summed E-state index contributed by atoms with van der Waals surface area (Å²) in [6.45, 7) is 4.89. The van der Waals surface area contributed by atoms with Crippen LogP contribution in [0.15, 0.2) is 0 Å². The Labute approximate surface area is 135 Å². The van der Waals surface area contributed by atoms with Gasteiger partial charge >= 0.3 is 6.03 Å². The number of aromatic nitrogens is 1. The molecule has 0 bridgehead atoms. The van der Waals surface area contributed by atoms with Gasteiger partial charge in [-0.25, -0.2) is 9.78 Å². The fraction of sp³-hybridized carbons (Fsp3) is 0.733. The molecule has 0 unspecified atom stereocenters. The van der Waals surface area contributed by atoms with E-state index in [1.165, 1.54) is 17.0 Å². The molecule has 1 aliphatic carbocycles. The Bertz CT molecular complexity index is 475. The van der Waals surface area contributed by atoms with Crippen LogP contribution in [0, 0.1) is 6.92 Å². The summed E-state index contributed by atoms with van der Waals surface area (Å²) in [6.07, 6.45) is 7.36. The van der Waals surface area contributed by atoms with Gasteiger partial charge in [0.25, 0.3) is 0 Å². The molecule has 1 fully saturated rings. The minimum atomic E-state index is -0.0363. The molecule has 1 aliphatic rings. The van der Waals surface area contributed by atoms with Crippen LogP contribution in [0.25, 0.3) is 0 Å². The minimum absolute atomic E-state index is 0.0363. The van der Waals surface area contributed by atoms with E-state index in [1.54, 1.807) is 11.3 Å². The molecule has 1 saturated carbocycles. The lowest BCUT2D eigenvalue weighted by atomic mass is 10.2. The Hall–Kier alpha value is -0.750. The number of thiazole rings is 1. The molecule has 21 heavy (non-hydrogen) atoms. The van der Waals surface area contributed by atoms with Gasteiger partial charge in [-0.3, -0.25) is 0 Å². The normalized spacial score (nSPS) is 21.5. The summed E-state index contributed by atoms with van der Waals surface area (Å²) in [4.78, 5) is 17.8. The van der Waals surface area contributed by atoms with Crippen LogP contribution in [-0.4, -0.2) is 35.1 Å². The molecule has 0 aliphatic heterocycles. The van der Waals surface area contributed by atoms with Crippen molar-refractivity contribution in [1.82, 2.24) is 15.6 Å². The van der Waals surface area contributed by atoms with Crippen LogP contribution in [0.5, 0.6) is 0 Å². The van der Waals surface area contributed by atoms with Gasteiger partial charge in [0.1, 0.15) is 0 Å². The SMILES string of the molecule is CCc1nc(CCNC(=O)N[C@@H]2CC[C@H](SC)C2)sc1C. The Kier molecular flexibility index (Phi) is 6.36. The lowest BCUT2D eigenvalue weighted by molar-refractivity contribution is 0.237. The van der Waals surface area contributed by atoms with Gasteiger partial charge in [-0.15, -0.1) is 11.3 Å². The second-order valence-corrected chi connectivity index (χ2v) is 7.91. The Morgan fingerprint density at radius 2 is 2.29 bits per heavy atom. The molecule has 0 aromatic carbocycles. The third-order valence-electron chi connectivity index (χ3n) is 3.95. The van der Waals surface area contributed by atoms with E-state index < -0.39 is 0 Å². The number of carbonyl (C=O) groups excluding carboxylic acids is 1. The highest BCUT2D eigenvalue weighted by molar-refractivity contribution is 7.99. The number of aryl methyl sites for hydroxylation is 2. The molecule has 1 aromatic heterocycles. The van der Waals surface area contributed by atoms with E-state index in [2.05, 4.69) is 35.7 Å². The Morgan fingerprint density at radius 1 is 1.48 bits per heavy atom. The van der Waals surface area contributed by atoms with E-state index in [-0.39, 0.29) is 6.03 Å². The monoisotopic (exact) mass is 327 g/mol. The second-order valence-electron chi connectivity index (χ2n) is 5.48. The van der Waals surface area contributed by atoms with Crippen LogP contribution < -0.4 is 10.6 Å². The molecule has 118 valence electrons. The van der Waals surface area contributed by atoms with Crippen LogP contribution in [0.1, 0.15) is 41.8 Å². The van der Waals surface area contributed by atoms with Crippen molar-refractivity contribution in [3.05, 3.63) is 15.6 Å². The number of nitrogens with zero attached hydrogens (tertiary/aromatic N) is 1. The minimum Gasteiger partial charge on any atom is -0.338 e. The largest absolute Gasteiger partial charge is 0.338 e. The van der Waals surface area contributed by atoms with E-state index in [0.717, 1.165) is 30.7 Å².